The number of benzene rings is 3. The Kier molecular flexibility index (Phi) is 10.3. The number of ether oxygens (including phenoxy) is 4. The monoisotopic (exact) mass is 530 g/mol. The molecule has 1 amide bonds. The van der Waals surface area contributed by atoms with Crippen molar-refractivity contribution in [1.82, 2.24) is 5.43 Å². The van der Waals surface area contributed by atoms with Crippen molar-refractivity contribution in [3.63, 3.8) is 0 Å². The van der Waals surface area contributed by atoms with Gasteiger partial charge in [0.25, 0.3) is 5.91 Å². The summed E-state index contributed by atoms with van der Waals surface area (Å²) in [6.45, 7) is 7.19. The van der Waals surface area contributed by atoms with Crippen LogP contribution in [0.1, 0.15) is 42.3 Å². The molecular weight excluding hydrogens is 503 g/mol. The van der Waals surface area contributed by atoms with Crippen molar-refractivity contribution in [3.05, 3.63) is 81.3 Å². The number of rotatable bonds is 12. The smallest absolute Gasteiger partial charge is 0.271 e. The van der Waals surface area contributed by atoms with E-state index in [2.05, 4.69) is 10.5 Å². The average molecular weight is 531 g/mol. The molecule has 0 aliphatic carbocycles. The van der Waals surface area contributed by atoms with Crippen molar-refractivity contribution in [3.8, 4) is 23.0 Å². The van der Waals surface area contributed by atoms with E-state index in [0.717, 1.165) is 5.56 Å². The standard InChI is InChI=1S/C27H28Cl2N2O5/c1-4-33-23-12-11-19(15-24(23)34-5-2)27(32)31-30-16-18-13-22(29)26(25(14-18)35-6-3)36-17-20-9-7-8-10-21(20)28/h7-16H,4-6,17H2,1-3H3,(H,31,32)/b30-16+. The SMILES string of the molecule is CCOc1ccc(C(=O)N/N=C/c2cc(Cl)c(OCc3ccccc3Cl)c(OCC)c2)cc1OCC. The molecule has 0 aliphatic heterocycles. The van der Waals surface area contributed by atoms with Gasteiger partial charge in [-0.3, -0.25) is 4.79 Å². The molecular formula is C27H28Cl2N2O5. The molecule has 0 saturated carbocycles. The average Bonchev–Trinajstić information content (AvgIpc) is 2.86. The summed E-state index contributed by atoms with van der Waals surface area (Å²) < 4.78 is 22.8. The van der Waals surface area contributed by atoms with Crippen LogP contribution in [0, 0.1) is 0 Å². The first-order valence-electron chi connectivity index (χ1n) is 11.5. The topological polar surface area (TPSA) is 78.4 Å². The van der Waals surface area contributed by atoms with Crippen LogP contribution in [0.5, 0.6) is 23.0 Å². The van der Waals surface area contributed by atoms with E-state index >= 15 is 0 Å². The van der Waals surface area contributed by atoms with Gasteiger partial charge in [0.15, 0.2) is 23.0 Å². The molecule has 7 nitrogen and oxygen atoms in total. The lowest BCUT2D eigenvalue weighted by molar-refractivity contribution is 0.0954. The van der Waals surface area contributed by atoms with Gasteiger partial charge in [-0.2, -0.15) is 5.10 Å². The molecule has 0 bridgehead atoms. The zero-order valence-corrected chi connectivity index (χ0v) is 21.9. The van der Waals surface area contributed by atoms with Crippen LogP contribution in [0.3, 0.4) is 0 Å². The summed E-state index contributed by atoms with van der Waals surface area (Å²) >= 11 is 12.7. The van der Waals surface area contributed by atoms with E-state index < -0.39 is 5.91 Å². The van der Waals surface area contributed by atoms with Gasteiger partial charge in [0, 0.05) is 16.1 Å². The molecule has 3 aromatic rings. The lowest BCUT2D eigenvalue weighted by Gasteiger charge is -2.15. The Morgan fingerprint density at radius 1 is 0.833 bits per heavy atom. The summed E-state index contributed by atoms with van der Waals surface area (Å²) in [7, 11) is 0. The molecule has 1 N–H and O–H groups in total. The quantitative estimate of drug-likeness (QED) is 0.212. The van der Waals surface area contributed by atoms with Crippen LogP contribution in [-0.4, -0.2) is 31.9 Å². The molecule has 0 spiro atoms. The molecule has 190 valence electrons. The minimum Gasteiger partial charge on any atom is -0.490 e. The highest BCUT2D eigenvalue weighted by atomic mass is 35.5. The number of halogens is 2. The highest BCUT2D eigenvalue weighted by Gasteiger charge is 2.14. The maximum Gasteiger partial charge on any atom is 0.271 e. The van der Waals surface area contributed by atoms with E-state index in [-0.39, 0.29) is 6.61 Å². The second-order valence-electron chi connectivity index (χ2n) is 7.37. The number of hydrogen-bond acceptors (Lipinski definition) is 6. The normalized spacial score (nSPS) is 10.8. The minimum atomic E-state index is -0.397. The van der Waals surface area contributed by atoms with E-state index in [9.17, 15) is 4.79 Å². The van der Waals surface area contributed by atoms with Gasteiger partial charge in [0.1, 0.15) is 6.61 Å². The third kappa shape index (κ3) is 7.29. The second-order valence-corrected chi connectivity index (χ2v) is 8.18. The largest absolute Gasteiger partial charge is 0.490 e. The Morgan fingerprint density at radius 2 is 1.53 bits per heavy atom. The molecule has 0 fully saturated rings. The zero-order chi connectivity index (χ0) is 25.9. The third-order valence-electron chi connectivity index (χ3n) is 4.85. The van der Waals surface area contributed by atoms with E-state index in [1.807, 2.05) is 39.0 Å². The van der Waals surface area contributed by atoms with Gasteiger partial charge in [0.2, 0.25) is 0 Å². The molecule has 0 saturated heterocycles. The molecule has 3 rings (SSSR count). The van der Waals surface area contributed by atoms with E-state index in [4.69, 9.17) is 42.1 Å². The number of amides is 1. The van der Waals surface area contributed by atoms with Crippen LogP contribution < -0.4 is 24.4 Å². The zero-order valence-electron chi connectivity index (χ0n) is 20.3. The van der Waals surface area contributed by atoms with Crippen molar-refractivity contribution in [2.45, 2.75) is 27.4 Å². The summed E-state index contributed by atoms with van der Waals surface area (Å²) in [6.07, 6.45) is 1.47. The summed E-state index contributed by atoms with van der Waals surface area (Å²) in [6, 6.07) is 15.8. The fraction of sp³-hybridized carbons (Fsp3) is 0.259. The Hall–Kier alpha value is -3.42. The van der Waals surface area contributed by atoms with Crippen molar-refractivity contribution in [1.29, 1.82) is 0 Å². The summed E-state index contributed by atoms with van der Waals surface area (Å²) in [5.74, 6) is 1.53. The number of nitrogens with one attached hydrogen (secondary N) is 1. The van der Waals surface area contributed by atoms with Gasteiger partial charge in [-0.1, -0.05) is 41.4 Å². The van der Waals surface area contributed by atoms with Crippen LogP contribution >= 0.6 is 23.2 Å². The molecule has 0 aromatic heterocycles. The number of hydrazone groups is 1. The predicted octanol–water partition coefficient (Wildman–Crippen LogP) is 6.53. The van der Waals surface area contributed by atoms with Gasteiger partial charge in [-0.05, 0) is 62.7 Å². The highest BCUT2D eigenvalue weighted by Crippen LogP contribution is 2.37. The van der Waals surface area contributed by atoms with Gasteiger partial charge < -0.3 is 18.9 Å². The van der Waals surface area contributed by atoms with E-state index in [0.29, 0.717) is 64.0 Å². The first-order chi connectivity index (χ1) is 17.5. The molecule has 3 aromatic carbocycles. The van der Waals surface area contributed by atoms with Crippen molar-refractivity contribution in [2.24, 2.45) is 5.10 Å². The molecule has 0 radical (unpaired) electrons. The molecule has 0 unspecified atom stereocenters. The van der Waals surface area contributed by atoms with Crippen LogP contribution in [0.25, 0.3) is 0 Å². The van der Waals surface area contributed by atoms with E-state index in [1.54, 1.807) is 36.4 Å². The summed E-state index contributed by atoms with van der Waals surface area (Å²) in [5, 5.41) is 5.01. The fourth-order valence-corrected chi connectivity index (χ4v) is 3.72. The maximum absolute atomic E-state index is 12.6. The Morgan fingerprint density at radius 3 is 2.25 bits per heavy atom. The number of carbonyl (C=O) groups excluding carboxylic acids is 1. The van der Waals surface area contributed by atoms with Gasteiger partial charge in [-0.25, -0.2) is 5.43 Å². The molecule has 0 aliphatic rings. The van der Waals surface area contributed by atoms with Crippen LogP contribution in [0.2, 0.25) is 10.0 Å². The van der Waals surface area contributed by atoms with Crippen LogP contribution in [-0.2, 0) is 6.61 Å². The summed E-state index contributed by atoms with van der Waals surface area (Å²) in [4.78, 5) is 12.6. The molecule has 36 heavy (non-hydrogen) atoms. The first kappa shape index (κ1) is 27.2. The van der Waals surface area contributed by atoms with E-state index in [1.165, 1.54) is 6.21 Å². The number of carbonyl (C=O) groups is 1. The van der Waals surface area contributed by atoms with Crippen molar-refractivity contribution in [2.75, 3.05) is 19.8 Å². The number of hydrogen-bond donors (Lipinski definition) is 1. The fourth-order valence-electron chi connectivity index (χ4n) is 3.25. The van der Waals surface area contributed by atoms with Gasteiger partial charge >= 0.3 is 0 Å². The van der Waals surface area contributed by atoms with Crippen LogP contribution in [0.4, 0.5) is 0 Å². The Balaban J connectivity index is 1.72. The summed E-state index contributed by atoms with van der Waals surface area (Å²) in [5.41, 5.74) is 4.34. The first-order valence-corrected chi connectivity index (χ1v) is 12.3. The van der Waals surface area contributed by atoms with Crippen molar-refractivity contribution < 1.29 is 23.7 Å². The van der Waals surface area contributed by atoms with Gasteiger partial charge in [-0.15, -0.1) is 0 Å². The third-order valence-corrected chi connectivity index (χ3v) is 5.50. The van der Waals surface area contributed by atoms with Crippen LogP contribution in [0.15, 0.2) is 59.7 Å². The lowest BCUT2D eigenvalue weighted by Crippen LogP contribution is -2.17. The highest BCUT2D eigenvalue weighted by molar-refractivity contribution is 6.32. The Bertz CT molecular complexity index is 1220. The number of nitrogens with zero attached hydrogens (tertiary/aromatic N) is 1. The lowest BCUT2D eigenvalue weighted by atomic mass is 10.2. The molecule has 9 heteroatoms. The molecule has 0 atom stereocenters. The second kappa shape index (κ2) is 13.6. The maximum atomic E-state index is 12.6. The minimum absolute atomic E-state index is 0.231. The van der Waals surface area contributed by atoms with Gasteiger partial charge in [0.05, 0.1) is 31.1 Å². The predicted molar refractivity (Wildman–Crippen MR) is 142 cm³/mol. The molecule has 0 heterocycles. The Labute approximate surface area is 220 Å². The van der Waals surface area contributed by atoms with Crippen molar-refractivity contribution >= 4 is 35.3 Å².